The van der Waals surface area contributed by atoms with E-state index in [1.165, 1.54) is 4.90 Å². The van der Waals surface area contributed by atoms with Gasteiger partial charge in [0.15, 0.2) is 0 Å². The number of esters is 1. The Bertz CT molecular complexity index is 924. The third-order valence-electron chi connectivity index (χ3n) is 5.13. The summed E-state index contributed by atoms with van der Waals surface area (Å²) in [7, 11) is 0. The third kappa shape index (κ3) is 2.97. The van der Waals surface area contributed by atoms with Crippen LogP contribution in [0.15, 0.2) is 48.5 Å². The summed E-state index contributed by atoms with van der Waals surface area (Å²) in [6, 6.07) is 13.9. The van der Waals surface area contributed by atoms with E-state index in [0.717, 1.165) is 17.7 Å². The molecule has 2 amide bonds. The quantitative estimate of drug-likeness (QED) is 0.846. The van der Waals surface area contributed by atoms with Gasteiger partial charge in [-0.25, -0.2) is 4.79 Å². The largest absolute Gasteiger partial charge is 0.433 e. The Kier molecular flexibility index (Phi) is 4.39. The van der Waals surface area contributed by atoms with E-state index in [2.05, 4.69) is 5.32 Å². The number of ether oxygens (including phenoxy) is 1. The van der Waals surface area contributed by atoms with Crippen LogP contribution >= 0.6 is 0 Å². The third-order valence-corrected chi connectivity index (χ3v) is 5.13. The van der Waals surface area contributed by atoms with Crippen LogP contribution in [0.2, 0.25) is 0 Å². The summed E-state index contributed by atoms with van der Waals surface area (Å²) < 4.78 is 5.45. The van der Waals surface area contributed by atoms with E-state index in [9.17, 15) is 14.4 Å². The highest BCUT2D eigenvalue weighted by Gasteiger charge is 2.46. The van der Waals surface area contributed by atoms with Crippen LogP contribution in [0.1, 0.15) is 47.5 Å². The van der Waals surface area contributed by atoms with Gasteiger partial charge in [-0.05, 0) is 30.5 Å². The van der Waals surface area contributed by atoms with Crippen molar-refractivity contribution in [3.05, 3.63) is 65.2 Å². The number of nitrogens with one attached hydrogen (secondary N) is 1. The van der Waals surface area contributed by atoms with Crippen LogP contribution in [-0.2, 0) is 20.7 Å². The van der Waals surface area contributed by atoms with E-state index in [1.54, 1.807) is 24.3 Å². The number of benzene rings is 2. The molecule has 6 heteroatoms. The Morgan fingerprint density at radius 1 is 1.15 bits per heavy atom. The first kappa shape index (κ1) is 17.3. The molecule has 2 aliphatic heterocycles. The molecule has 2 aromatic carbocycles. The number of likely N-dealkylation sites (tertiary alicyclic amines) is 1. The Morgan fingerprint density at radius 2 is 1.89 bits per heavy atom. The predicted octanol–water partition coefficient (Wildman–Crippen LogP) is 3.05. The van der Waals surface area contributed by atoms with E-state index in [-0.39, 0.29) is 18.2 Å². The first-order valence-electron chi connectivity index (χ1n) is 9.10. The van der Waals surface area contributed by atoms with Gasteiger partial charge in [0.25, 0.3) is 0 Å². The molecule has 6 nitrogen and oxygen atoms in total. The SMILES string of the molecule is CCc1ccccc1NC(=O)[C@H]1CCC(=O)N1[C@H]1OC(=O)c2ccccc21. The fourth-order valence-corrected chi connectivity index (χ4v) is 3.75. The predicted molar refractivity (Wildman–Crippen MR) is 98.9 cm³/mol. The zero-order chi connectivity index (χ0) is 19.0. The smallest absolute Gasteiger partial charge is 0.340 e. The minimum Gasteiger partial charge on any atom is -0.433 e. The topological polar surface area (TPSA) is 75.7 Å². The fraction of sp³-hybridized carbons (Fsp3) is 0.286. The molecule has 2 aliphatic rings. The second-order valence-corrected chi connectivity index (χ2v) is 6.70. The molecule has 2 aromatic rings. The van der Waals surface area contributed by atoms with Crippen LogP contribution in [0.25, 0.3) is 0 Å². The zero-order valence-electron chi connectivity index (χ0n) is 15.0. The minimum absolute atomic E-state index is 0.187. The van der Waals surface area contributed by atoms with Crippen LogP contribution < -0.4 is 5.32 Å². The molecule has 0 unspecified atom stereocenters. The summed E-state index contributed by atoms with van der Waals surface area (Å²) in [5.74, 6) is -0.915. The molecule has 1 fully saturated rings. The highest BCUT2D eigenvalue weighted by Crippen LogP contribution is 2.38. The van der Waals surface area contributed by atoms with Gasteiger partial charge < -0.3 is 10.1 Å². The number of hydrogen-bond donors (Lipinski definition) is 1. The molecule has 4 rings (SSSR count). The van der Waals surface area contributed by atoms with Gasteiger partial charge in [-0.2, -0.15) is 0 Å². The number of carbonyl (C=O) groups excluding carboxylic acids is 3. The van der Waals surface area contributed by atoms with Crippen molar-refractivity contribution < 1.29 is 19.1 Å². The summed E-state index contributed by atoms with van der Waals surface area (Å²) in [6.07, 6.45) is 0.594. The number of fused-ring (bicyclic) bond motifs is 1. The number of amides is 2. The molecule has 0 aromatic heterocycles. The maximum Gasteiger partial charge on any atom is 0.340 e. The van der Waals surface area contributed by atoms with E-state index in [1.807, 2.05) is 31.2 Å². The van der Waals surface area contributed by atoms with Crippen molar-refractivity contribution in [1.82, 2.24) is 4.90 Å². The van der Waals surface area contributed by atoms with Crippen molar-refractivity contribution in [2.24, 2.45) is 0 Å². The molecule has 0 aliphatic carbocycles. The Morgan fingerprint density at radius 3 is 2.70 bits per heavy atom. The second kappa shape index (κ2) is 6.87. The Hall–Kier alpha value is -3.15. The van der Waals surface area contributed by atoms with Gasteiger partial charge in [-0.3, -0.25) is 14.5 Å². The monoisotopic (exact) mass is 364 g/mol. The highest BCUT2D eigenvalue weighted by atomic mass is 16.6. The van der Waals surface area contributed by atoms with Gasteiger partial charge in [0.05, 0.1) is 5.56 Å². The lowest BCUT2D eigenvalue weighted by Gasteiger charge is -2.29. The first-order chi connectivity index (χ1) is 13.1. The van der Waals surface area contributed by atoms with Crippen molar-refractivity contribution in [2.75, 3.05) is 5.32 Å². The zero-order valence-corrected chi connectivity index (χ0v) is 15.0. The number of para-hydroxylation sites is 1. The van der Waals surface area contributed by atoms with Gasteiger partial charge in [-0.1, -0.05) is 43.3 Å². The lowest BCUT2D eigenvalue weighted by Crippen LogP contribution is -2.44. The van der Waals surface area contributed by atoms with Crippen LogP contribution in [-0.4, -0.2) is 28.7 Å². The van der Waals surface area contributed by atoms with Crippen LogP contribution in [0, 0.1) is 0 Å². The van der Waals surface area contributed by atoms with Gasteiger partial charge in [-0.15, -0.1) is 0 Å². The van der Waals surface area contributed by atoms with Gasteiger partial charge in [0.2, 0.25) is 18.0 Å². The number of aryl methyl sites for hydroxylation is 1. The number of anilines is 1. The van der Waals surface area contributed by atoms with E-state index in [4.69, 9.17) is 4.74 Å². The summed E-state index contributed by atoms with van der Waals surface area (Å²) in [4.78, 5) is 39.0. The molecule has 27 heavy (non-hydrogen) atoms. The molecular formula is C21H20N2O4. The van der Waals surface area contributed by atoms with Crippen molar-refractivity contribution in [1.29, 1.82) is 0 Å². The number of rotatable bonds is 4. The molecule has 2 heterocycles. The summed E-state index contributed by atoms with van der Waals surface area (Å²) >= 11 is 0. The minimum atomic E-state index is -0.846. The second-order valence-electron chi connectivity index (χ2n) is 6.70. The molecule has 0 radical (unpaired) electrons. The van der Waals surface area contributed by atoms with Gasteiger partial charge in [0, 0.05) is 17.7 Å². The van der Waals surface area contributed by atoms with Crippen molar-refractivity contribution in [2.45, 2.75) is 38.5 Å². The first-order valence-corrected chi connectivity index (χ1v) is 9.10. The van der Waals surface area contributed by atoms with Crippen LogP contribution in [0.5, 0.6) is 0 Å². The molecule has 0 bridgehead atoms. The molecule has 138 valence electrons. The van der Waals surface area contributed by atoms with E-state index >= 15 is 0 Å². The number of carbonyl (C=O) groups is 3. The molecular weight excluding hydrogens is 344 g/mol. The molecule has 1 N–H and O–H groups in total. The van der Waals surface area contributed by atoms with Crippen LogP contribution in [0.4, 0.5) is 5.69 Å². The normalized spacial score (nSPS) is 21.1. The molecule has 2 atom stereocenters. The van der Waals surface area contributed by atoms with E-state index < -0.39 is 18.2 Å². The summed E-state index contributed by atoms with van der Waals surface area (Å²) in [5.41, 5.74) is 2.84. The van der Waals surface area contributed by atoms with Crippen molar-refractivity contribution >= 4 is 23.5 Å². The average Bonchev–Trinajstić information content (AvgIpc) is 3.22. The molecule has 1 saturated heterocycles. The summed E-state index contributed by atoms with van der Waals surface area (Å²) in [6.45, 7) is 2.02. The number of nitrogens with zero attached hydrogens (tertiary/aromatic N) is 1. The maximum atomic E-state index is 12.9. The number of hydrogen-bond acceptors (Lipinski definition) is 4. The summed E-state index contributed by atoms with van der Waals surface area (Å²) in [5, 5.41) is 2.94. The standard InChI is InChI=1S/C21H20N2O4/c1-2-13-7-3-6-10-16(13)22-19(25)17-11-12-18(24)23(17)20-14-8-4-5-9-15(14)21(26)27-20/h3-10,17,20H,2,11-12H2,1H3,(H,22,25)/t17-,20+/m1/s1. The van der Waals surface area contributed by atoms with Crippen molar-refractivity contribution in [3.63, 3.8) is 0 Å². The maximum absolute atomic E-state index is 12.9. The number of cyclic esters (lactones) is 1. The molecule has 0 spiro atoms. The highest BCUT2D eigenvalue weighted by molar-refractivity contribution is 6.00. The lowest BCUT2D eigenvalue weighted by atomic mass is 10.1. The Balaban J connectivity index is 1.61. The van der Waals surface area contributed by atoms with Gasteiger partial charge >= 0.3 is 5.97 Å². The molecule has 0 saturated carbocycles. The lowest BCUT2D eigenvalue weighted by molar-refractivity contribution is -0.144. The van der Waals surface area contributed by atoms with Gasteiger partial charge in [0.1, 0.15) is 6.04 Å². The Labute approximate surface area is 157 Å². The fourth-order valence-electron chi connectivity index (χ4n) is 3.75. The van der Waals surface area contributed by atoms with Crippen LogP contribution in [0.3, 0.4) is 0 Å². The van der Waals surface area contributed by atoms with Crippen molar-refractivity contribution in [3.8, 4) is 0 Å². The average molecular weight is 364 g/mol. The van der Waals surface area contributed by atoms with E-state index in [0.29, 0.717) is 17.5 Å².